The molecule has 0 bridgehead atoms. The summed E-state index contributed by atoms with van der Waals surface area (Å²) in [6.45, 7) is 0. The fourth-order valence-electron chi connectivity index (χ4n) is 3.54. The van der Waals surface area contributed by atoms with E-state index >= 15 is 0 Å². The van der Waals surface area contributed by atoms with Crippen molar-refractivity contribution < 1.29 is 4.79 Å². The van der Waals surface area contributed by atoms with Crippen LogP contribution < -0.4 is 10.9 Å². The van der Waals surface area contributed by atoms with Crippen molar-refractivity contribution in [3.8, 4) is 11.4 Å². The first-order chi connectivity index (χ1) is 12.7. The summed E-state index contributed by atoms with van der Waals surface area (Å²) in [5.41, 5.74) is 2.09. The lowest BCUT2D eigenvalue weighted by atomic mass is 9.88. The predicted octanol–water partition coefficient (Wildman–Crippen LogP) is 4.11. The molecule has 0 radical (unpaired) electrons. The van der Waals surface area contributed by atoms with Gasteiger partial charge in [0, 0.05) is 17.2 Å². The van der Waals surface area contributed by atoms with Crippen LogP contribution in [0.2, 0.25) is 0 Å². The Labute approximate surface area is 151 Å². The number of para-hydroxylation sites is 1. The summed E-state index contributed by atoms with van der Waals surface area (Å²) in [4.78, 5) is 31.9. The SMILES string of the molecule is O=C(Nc1ccc(-c2nc3ccccc3c(=O)[nH]2)cc1)C1CCCCC1. The Bertz CT molecular complexity index is 986. The molecule has 2 aromatic carbocycles. The Kier molecular flexibility index (Phi) is 4.52. The minimum absolute atomic E-state index is 0.106. The smallest absolute Gasteiger partial charge is 0.259 e. The monoisotopic (exact) mass is 347 g/mol. The van der Waals surface area contributed by atoms with Gasteiger partial charge in [-0.1, -0.05) is 31.4 Å². The van der Waals surface area contributed by atoms with Gasteiger partial charge in [0.2, 0.25) is 5.91 Å². The van der Waals surface area contributed by atoms with Crippen LogP contribution in [0.5, 0.6) is 0 Å². The number of hydrogen-bond acceptors (Lipinski definition) is 3. The van der Waals surface area contributed by atoms with Crippen molar-refractivity contribution in [3.05, 3.63) is 58.9 Å². The molecule has 26 heavy (non-hydrogen) atoms. The van der Waals surface area contributed by atoms with Crippen molar-refractivity contribution >= 4 is 22.5 Å². The Balaban J connectivity index is 1.54. The molecule has 1 aliphatic rings. The zero-order valence-electron chi connectivity index (χ0n) is 14.5. The molecule has 0 atom stereocenters. The van der Waals surface area contributed by atoms with Crippen molar-refractivity contribution in [1.82, 2.24) is 9.97 Å². The summed E-state index contributed by atoms with van der Waals surface area (Å²) in [5.74, 6) is 0.760. The summed E-state index contributed by atoms with van der Waals surface area (Å²) in [6.07, 6.45) is 5.46. The van der Waals surface area contributed by atoms with Gasteiger partial charge in [0.1, 0.15) is 5.82 Å². The maximum absolute atomic E-state index is 12.3. The molecule has 0 spiro atoms. The number of hydrogen-bond donors (Lipinski definition) is 2. The molecule has 1 saturated carbocycles. The average molecular weight is 347 g/mol. The van der Waals surface area contributed by atoms with E-state index < -0.39 is 0 Å². The van der Waals surface area contributed by atoms with Crippen LogP contribution in [0.3, 0.4) is 0 Å². The number of amides is 1. The second-order valence-corrected chi connectivity index (χ2v) is 6.83. The fourth-order valence-corrected chi connectivity index (χ4v) is 3.54. The number of benzene rings is 2. The molecule has 1 fully saturated rings. The number of carbonyl (C=O) groups excluding carboxylic acids is 1. The molecule has 1 aromatic heterocycles. The van der Waals surface area contributed by atoms with Crippen LogP contribution >= 0.6 is 0 Å². The van der Waals surface area contributed by atoms with Gasteiger partial charge in [0.25, 0.3) is 5.56 Å². The van der Waals surface area contributed by atoms with Gasteiger partial charge in [-0.05, 0) is 49.2 Å². The predicted molar refractivity (Wildman–Crippen MR) is 103 cm³/mol. The lowest BCUT2D eigenvalue weighted by molar-refractivity contribution is -0.120. The van der Waals surface area contributed by atoms with Gasteiger partial charge in [0.15, 0.2) is 0 Å². The Morgan fingerprint density at radius 3 is 2.50 bits per heavy atom. The van der Waals surface area contributed by atoms with E-state index in [0.717, 1.165) is 36.9 Å². The van der Waals surface area contributed by atoms with Crippen LogP contribution in [0, 0.1) is 5.92 Å². The van der Waals surface area contributed by atoms with Gasteiger partial charge >= 0.3 is 0 Å². The second-order valence-electron chi connectivity index (χ2n) is 6.83. The van der Waals surface area contributed by atoms with E-state index in [4.69, 9.17) is 0 Å². The standard InChI is InChI=1S/C21H21N3O2/c25-20(15-6-2-1-3-7-15)22-16-12-10-14(11-13-16)19-23-18-9-5-4-8-17(18)21(26)24-19/h4-5,8-13,15H,1-3,6-7H2,(H,22,25)(H,23,24,26). The van der Waals surface area contributed by atoms with E-state index in [1.54, 1.807) is 6.07 Å². The Hall–Kier alpha value is -2.95. The number of anilines is 1. The summed E-state index contributed by atoms with van der Waals surface area (Å²) in [6, 6.07) is 14.7. The van der Waals surface area contributed by atoms with Crippen LogP contribution in [0.1, 0.15) is 32.1 Å². The molecular weight excluding hydrogens is 326 g/mol. The Morgan fingerprint density at radius 1 is 1.00 bits per heavy atom. The topological polar surface area (TPSA) is 74.8 Å². The molecule has 3 aromatic rings. The van der Waals surface area contributed by atoms with Gasteiger partial charge in [-0.15, -0.1) is 0 Å². The highest BCUT2D eigenvalue weighted by Gasteiger charge is 2.21. The van der Waals surface area contributed by atoms with E-state index in [1.165, 1.54) is 6.42 Å². The highest BCUT2D eigenvalue weighted by atomic mass is 16.2. The molecule has 1 amide bonds. The van der Waals surface area contributed by atoms with Gasteiger partial charge in [-0.2, -0.15) is 0 Å². The van der Waals surface area contributed by atoms with E-state index in [2.05, 4.69) is 15.3 Å². The van der Waals surface area contributed by atoms with Crippen molar-refractivity contribution in [3.63, 3.8) is 0 Å². The van der Waals surface area contributed by atoms with Gasteiger partial charge < -0.3 is 10.3 Å². The maximum atomic E-state index is 12.3. The number of fused-ring (bicyclic) bond motifs is 1. The third-order valence-corrected chi connectivity index (χ3v) is 5.01. The lowest BCUT2D eigenvalue weighted by Gasteiger charge is -2.20. The summed E-state index contributed by atoms with van der Waals surface area (Å²) in [7, 11) is 0. The Morgan fingerprint density at radius 2 is 1.73 bits per heavy atom. The van der Waals surface area contributed by atoms with E-state index in [-0.39, 0.29) is 17.4 Å². The molecule has 5 heteroatoms. The molecule has 1 aliphatic carbocycles. The van der Waals surface area contributed by atoms with Crippen molar-refractivity contribution in [2.45, 2.75) is 32.1 Å². The second kappa shape index (κ2) is 7.12. The van der Waals surface area contributed by atoms with Gasteiger partial charge in [-0.3, -0.25) is 9.59 Å². The van der Waals surface area contributed by atoms with Crippen molar-refractivity contribution in [2.24, 2.45) is 5.92 Å². The first-order valence-corrected chi connectivity index (χ1v) is 9.11. The van der Waals surface area contributed by atoms with Crippen LogP contribution in [-0.2, 0) is 4.79 Å². The largest absolute Gasteiger partial charge is 0.326 e. The number of rotatable bonds is 3. The highest BCUT2D eigenvalue weighted by Crippen LogP contribution is 2.25. The zero-order chi connectivity index (χ0) is 17.9. The molecular formula is C21H21N3O2. The van der Waals surface area contributed by atoms with Crippen molar-refractivity contribution in [2.75, 3.05) is 5.32 Å². The molecule has 132 valence electrons. The molecule has 2 N–H and O–H groups in total. The summed E-state index contributed by atoms with van der Waals surface area (Å²) >= 11 is 0. The number of H-pyrrole nitrogens is 1. The van der Waals surface area contributed by atoms with Crippen LogP contribution in [-0.4, -0.2) is 15.9 Å². The van der Waals surface area contributed by atoms with E-state index in [9.17, 15) is 9.59 Å². The molecule has 1 heterocycles. The number of nitrogens with zero attached hydrogens (tertiary/aromatic N) is 1. The average Bonchev–Trinajstić information content (AvgIpc) is 2.69. The molecule has 4 rings (SSSR count). The summed E-state index contributed by atoms with van der Waals surface area (Å²) < 4.78 is 0. The molecule has 5 nitrogen and oxygen atoms in total. The maximum Gasteiger partial charge on any atom is 0.259 e. The number of aromatic nitrogens is 2. The van der Waals surface area contributed by atoms with Gasteiger partial charge in [0.05, 0.1) is 10.9 Å². The van der Waals surface area contributed by atoms with Crippen LogP contribution in [0.4, 0.5) is 5.69 Å². The third-order valence-electron chi connectivity index (χ3n) is 5.01. The minimum atomic E-state index is -0.153. The van der Waals surface area contributed by atoms with Crippen LogP contribution in [0.25, 0.3) is 22.3 Å². The number of nitrogens with one attached hydrogen (secondary N) is 2. The van der Waals surface area contributed by atoms with E-state index in [0.29, 0.717) is 16.7 Å². The zero-order valence-corrected chi connectivity index (χ0v) is 14.5. The molecule has 0 unspecified atom stereocenters. The molecule has 0 aliphatic heterocycles. The number of aromatic amines is 1. The highest BCUT2D eigenvalue weighted by molar-refractivity contribution is 5.92. The lowest BCUT2D eigenvalue weighted by Crippen LogP contribution is -2.24. The summed E-state index contributed by atoms with van der Waals surface area (Å²) in [5, 5.41) is 3.58. The van der Waals surface area contributed by atoms with Crippen LogP contribution in [0.15, 0.2) is 53.3 Å². The van der Waals surface area contributed by atoms with Gasteiger partial charge in [-0.25, -0.2) is 4.98 Å². The number of carbonyl (C=O) groups is 1. The fraction of sp³-hybridized carbons (Fsp3) is 0.286. The first-order valence-electron chi connectivity index (χ1n) is 9.11. The quantitative estimate of drug-likeness (QED) is 0.749. The van der Waals surface area contributed by atoms with E-state index in [1.807, 2.05) is 42.5 Å². The normalized spacial score (nSPS) is 15.1. The third kappa shape index (κ3) is 3.38. The minimum Gasteiger partial charge on any atom is -0.326 e. The van der Waals surface area contributed by atoms with Crippen molar-refractivity contribution in [1.29, 1.82) is 0 Å². The first kappa shape index (κ1) is 16.5. The molecule has 0 saturated heterocycles.